The van der Waals surface area contributed by atoms with Crippen molar-refractivity contribution in [3.8, 4) is 0 Å². The summed E-state index contributed by atoms with van der Waals surface area (Å²) in [4.78, 5) is 22.8. The van der Waals surface area contributed by atoms with Crippen molar-refractivity contribution in [2.45, 2.75) is 57.5 Å². The fourth-order valence-corrected chi connectivity index (χ4v) is 2.07. The lowest BCUT2D eigenvalue weighted by atomic mass is 10.1. The Bertz CT molecular complexity index is 260. The molecule has 0 saturated carbocycles. The second kappa shape index (κ2) is 7.27. The van der Waals surface area contributed by atoms with Gasteiger partial charge in [-0.05, 0) is 25.8 Å². The van der Waals surface area contributed by atoms with E-state index >= 15 is 0 Å². The lowest BCUT2D eigenvalue weighted by Crippen LogP contribution is -2.49. The Labute approximate surface area is 102 Å². The fourth-order valence-electron chi connectivity index (χ4n) is 2.07. The molecule has 5 nitrogen and oxygen atoms in total. The topological polar surface area (TPSA) is 78.4 Å². The van der Waals surface area contributed by atoms with E-state index in [2.05, 4.69) is 10.6 Å². The number of carboxylic acid groups (broad SMARTS) is 1. The number of hydrogen-bond donors (Lipinski definition) is 3. The van der Waals surface area contributed by atoms with E-state index in [4.69, 9.17) is 5.11 Å². The first kappa shape index (κ1) is 14.0. The van der Waals surface area contributed by atoms with E-state index in [1.54, 1.807) is 0 Å². The standard InChI is InChI=1S/C12H22N2O3/c1-2-6-10(12(16)17)14-11(15)9-7-4-3-5-8-13-9/h9-10,13H,2-8H2,1H3,(H,14,15)(H,16,17)/t9?,10-/m1/s1. The summed E-state index contributed by atoms with van der Waals surface area (Å²) in [5, 5.41) is 14.7. The van der Waals surface area contributed by atoms with Crippen molar-refractivity contribution in [3.05, 3.63) is 0 Å². The summed E-state index contributed by atoms with van der Waals surface area (Å²) in [5.41, 5.74) is 0. The summed E-state index contributed by atoms with van der Waals surface area (Å²) in [5.74, 6) is -1.12. The molecule has 1 amide bonds. The van der Waals surface area contributed by atoms with Gasteiger partial charge >= 0.3 is 5.97 Å². The van der Waals surface area contributed by atoms with E-state index in [-0.39, 0.29) is 11.9 Å². The minimum Gasteiger partial charge on any atom is -0.480 e. The summed E-state index contributed by atoms with van der Waals surface area (Å²) in [6.45, 7) is 2.75. The highest BCUT2D eigenvalue weighted by molar-refractivity contribution is 5.86. The zero-order chi connectivity index (χ0) is 12.7. The van der Waals surface area contributed by atoms with E-state index in [1.165, 1.54) is 0 Å². The van der Waals surface area contributed by atoms with Crippen LogP contribution in [0.5, 0.6) is 0 Å². The predicted octanol–water partition coefficient (Wildman–Crippen LogP) is 0.888. The first-order chi connectivity index (χ1) is 8.15. The van der Waals surface area contributed by atoms with Gasteiger partial charge in [0.15, 0.2) is 0 Å². The number of amides is 1. The maximum atomic E-state index is 11.9. The molecule has 17 heavy (non-hydrogen) atoms. The molecule has 0 aliphatic carbocycles. The Morgan fingerprint density at radius 2 is 2.18 bits per heavy atom. The van der Waals surface area contributed by atoms with Crippen LogP contribution in [0.4, 0.5) is 0 Å². The highest BCUT2D eigenvalue weighted by atomic mass is 16.4. The van der Waals surface area contributed by atoms with Crippen LogP contribution in [0, 0.1) is 0 Å². The van der Waals surface area contributed by atoms with Crippen LogP contribution in [0.2, 0.25) is 0 Å². The van der Waals surface area contributed by atoms with Crippen molar-refractivity contribution in [2.24, 2.45) is 0 Å². The monoisotopic (exact) mass is 242 g/mol. The summed E-state index contributed by atoms with van der Waals surface area (Å²) < 4.78 is 0. The number of aliphatic carboxylic acids is 1. The van der Waals surface area contributed by atoms with Crippen molar-refractivity contribution >= 4 is 11.9 Å². The van der Waals surface area contributed by atoms with Crippen LogP contribution in [-0.2, 0) is 9.59 Å². The quantitative estimate of drug-likeness (QED) is 0.669. The molecule has 1 fully saturated rings. The highest BCUT2D eigenvalue weighted by Gasteiger charge is 2.24. The Morgan fingerprint density at radius 1 is 1.41 bits per heavy atom. The van der Waals surface area contributed by atoms with E-state index in [9.17, 15) is 9.59 Å². The Balaban J connectivity index is 2.47. The van der Waals surface area contributed by atoms with Crippen molar-refractivity contribution in [1.82, 2.24) is 10.6 Å². The molecule has 1 rings (SSSR count). The predicted molar refractivity (Wildman–Crippen MR) is 64.7 cm³/mol. The van der Waals surface area contributed by atoms with Gasteiger partial charge in [0.25, 0.3) is 0 Å². The number of carbonyl (C=O) groups excluding carboxylic acids is 1. The van der Waals surface area contributed by atoms with Crippen molar-refractivity contribution in [2.75, 3.05) is 6.54 Å². The average molecular weight is 242 g/mol. The molecular formula is C12H22N2O3. The number of rotatable bonds is 5. The van der Waals surface area contributed by atoms with Crippen LogP contribution in [0.3, 0.4) is 0 Å². The van der Waals surface area contributed by atoms with Crippen LogP contribution < -0.4 is 10.6 Å². The van der Waals surface area contributed by atoms with Crippen LogP contribution in [0.15, 0.2) is 0 Å². The Hall–Kier alpha value is -1.10. The average Bonchev–Trinajstić information content (AvgIpc) is 2.56. The first-order valence-electron chi connectivity index (χ1n) is 6.41. The van der Waals surface area contributed by atoms with Gasteiger partial charge in [0.2, 0.25) is 5.91 Å². The molecule has 1 unspecified atom stereocenters. The van der Waals surface area contributed by atoms with Crippen molar-refractivity contribution in [1.29, 1.82) is 0 Å². The van der Waals surface area contributed by atoms with Crippen molar-refractivity contribution in [3.63, 3.8) is 0 Å². The molecule has 0 aromatic carbocycles. The highest BCUT2D eigenvalue weighted by Crippen LogP contribution is 2.09. The Kier molecular flexibility index (Phi) is 5.97. The van der Waals surface area contributed by atoms with Crippen LogP contribution in [0.25, 0.3) is 0 Å². The van der Waals surface area contributed by atoms with E-state index in [0.29, 0.717) is 6.42 Å². The molecule has 1 saturated heterocycles. The van der Waals surface area contributed by atoms with Gasteiger partial charge in [0, 0.05) is 0 Å². The van der Waals surface area contributed by atoms with Crippen LogP contribution >= 0.6 is 0 Å². The molecule has 0 radical (unpaired) electrons. The molecular weight excluding hydrogens is 220 g/mol. The third kappa shape index (κ3) is 4.73. The molecule has 1 aliphatic rings. The molecule has 0 spiro atoms. The summed E-state index contributed by atoms with van der Waals surface area (Å²) in [6, 6.07) is -0.978. The lowest BCUT2D eigenvalue weighted by Gasteiger charge is -2.19. The molecule has 5 heteroatoms. The number of carboxylic acids is 1. The van der Waals surface area contributed by atoms with Gasteiger partial charge in [-0.3, -0.25) is 4.79 Å². The fraction of sp³-hybridized carbons (Fsp3) is 0.833. The van der Waals surface area contributed by atoms with Gasteiger partial charge < -0.3 is 15.7 Å². The van der Waals surface area contributed by atoms with Crippen molar-refractivity contribution < 1.29 is 14.7 Å². The minimum absolute atomic E-state index is 0.173. The zero-order valence-electron chi connectivity index (χ0n) is 10.4. The first-order valence-corrected chi connectivity index (χ1v) is 6.41. The maximum absolute atomic E-state index is 11.9. The minimum atomic E-state index is -0.950. The zero-order valence-corrected chi connectivity index (χ0v) is 10.4. The lowest BCUT2D eigenvalue weighted by molar-refractivity contribution is -0.142. The Morgan fingerprint density at radius 3 is 2.82 bits per heavy atom. The molecule has 1 heterocycles. The van der Waals surface area contributed by atoms with Crippen LogP contribution in [0.1, 0.15) is 45.4 Å². The molecule has 98 valence electrons. The SMILES string of the molecule is CCC[C@@H](NC(=O)C1CCCCCN1)C(=O)O. The largest absolute Gasteiger partial charge is 0.480 e. The summed E-state index contributed by atoms with van der Waals surface area (Å²) >= 11 is 0. The summed E-state index contributed by atoms with van der Waals surface area (Å²) in [7, 11) is 0. The molecule has 0 aromatic rings. The number of hydrogen-bond acceptors (Lipinski definition) is 3. The molecule has 0 bridgehead atoms. The van der Waals surface area contributed by atoms with Crippen LogP contribution in [-0.4, -0.2) is 35.6 Å². The van der Waals surface area contributed by atoms with Gasteiger partial charge in [-0.1, -0.05) is 26.2 Å². The van der Waals surface area contributed by atoms with E-state index in [1.807, 2.05) is 6.92 Å². The number of carbonyl (C=O) groups is 2. The third-order valence-corrected chi connectivity index (χ3v) is 3.07. The second-order valence-electron chi connectivity index (χ2n) is 4.54. The van der Waals surface area contributed by atoms with Gasteiger partial charge in [-0.2, -0.15) is 0 Å². The normalized spacial score (nSPS) is 22.5. The maximum Gasteiger partial charge on any atom is 0.326 e. The second-order valence-corrected chi connectivity index (χ2v) is 4.54. The van der Waals surface area contributed by atoms with Gasteiger partial charge in [0.05, 0.1) is 6.04 Å². The molecule has 0 aromatic heterocycles. The van der Waals surface area contributed by atoms with E-state index < -0.39 is 12.0 Å². The molecule has 3 N–H and O–H groups in total. The molecule has 2 atom stereocenters. The van der Waals surface area contributed by atoms with Gasteiger partial charge in [0.1, 0.15) is 6.04 Å². The number of nitrogens with one attached hydrogen (secondary N) is 2. The van der Waals surface area contributed by atoms with Gasteiger partial charge in [-0.15, -0.1) is 0 Å². The summed E-state index contributed by atoms with van der Waals surface area (Å²) in [6.07, 6.45) is 5.26. The third-order valence-electron chi connectivity index (χ3n) is 3.07. The molecule has 1 aliphatic heterocycles. The van der Waals surface area contributed by atoms with Gasteiger partial charge in [-0.25, -0.2) is 4.79 Å². The smallest absolute Gasteiger partial charge is 0.326 e. The van der Waals surface area contributed by atoms with E-state index in [0.717, 1.165) is 38.6 Å².